The minimum Gasteiger partial charge on any atom is -0.497 e. The number of anilines is 4. The number of amides is 2. The SMILES string of the molecule is COc1ccc2c(c1)[C@]1(C[C@H]1c1ccc3c(Nc4ncnc(N5CCS(=O)(=O)CC5)c4Cl)nn(C(=O)OC(C)(C)C)c3c1)C(=O)N2C(=O)OC(C)(C)C. The first-order chi connectivity index (χ1) is 24.8. The largest absolute Gasteiger partial charge is 0.497 e. The van der Waals surface area contributed by atoms with Gasteiger partial charge in [-0.25, -0.2) is 32.9 Å². The summed E-state index contributed by atoms with van der Waals surface area (Å²) in [5, 5.41) is 8.42. The summed E-state index contributed by atoms with van der Waals surface area (Å²) in [5.74, 6) is 0.569. The van der Waals surface area contributed by atoms with Gasteiger partial charge in [0.2, 0.25) is 5.91 Å². The number of nitrogens with one attached hydrogen (secondary N) is 1. The van der Waals surface area contributed by atoms with Crippen LogP contribution in [0, 0.1) is 0 Å². The van der Waals surface area contributed by atoms with Crippen LogP contribution in [-0.2, 0) is 29.5 Å². The molecule has 1 saturated carbocycles. The van der Waals surface area contributed by atoms with Crippen molar-refractivity contribution in [2.24, 2.45) is 0 Å². The van der Waals surface area contributed by atoms with Crippen molar-refractivity contribution in [3.8, 4) is 5.75 Å². The quantitative estimate of drug-likeness (QED) is 0.252. The topological polar surface area (TPSA) is 175 Å². The lowest BCUT2D eigenvalue weighted by Crippen LogP contribution is -2.41. The van der Waals surface area contributed by atoms with Gasteiger partial charge in [-0.2, -0.15) is 4.68 Å². The van der Waals surface area contributed by atoms with Crippen LogP contribution in [0.2, 0.25) is 5.02 Å². The summed E-state index contributed by atoms with van der Waals surface area (Å²) in [6, 6.07) is 10.6. The lowest BCUT2D eigenvalue weighted by atomic mass is 9.91. The minimum atomic E-state index is -3.13. The second kappa shape index (κ2) is 12.6. The van der Waals surface area contributed by atoms with Gasteiger partial charge in [-0.05, 0) is 89.4 Å². The lowest BCUT2D eigenvalue weighted by molar-refractivity contribution is -0.120. The number of rotatable bonds is 5. The summed E-state index contributed by atoms with van der Waals surface area (Å²) < 4.78 is 42.0. The molecule has 4 aromatic rings. The maximum atomic E-state index is 14.3. The van der Waals surface area contributed by atoms with Gasteiger partial charge < -0.3 is 24.4 Å². The third-order valence-corrected chi connectivity index (χ3v) is 11.3. The molecule has 0 unspecified atom stereocenters. The molecule has 0 radical (unpaired) electrons. The number of imide groups is 1. The predicted octanol–water partition coefficient (Wildman–Crippen LogP) is 5.96. The first kappa shape index (κ1) is 36.4. The number of hydrogen-bond donors (Lipinski definition) is 1. The van der Waals surface area contributed by atoms with E-state index in [9.17, 15) is 22.8 Å². The summed E-state index contributed by atoms with van der Waals surface area (Å²) in [4.78, 5) is 52.8. The number of nitrogens with zero attached hydrogens (tertiary/aromatic N) is 6. The number of halogens is 1. The molecule has 7 rings (SSSR count). The molecule has 2 aromatic carbocycles. The van der Waals surface area contributed by atoms with Crippen molar-refractivity contribution in [1.82, 2.24) is 19.7 Å². The highest BCUT2D eigenvalue weighted by molar-refractivity contribution is 7.91. The van der Waals surface area contributed by atoms with E-state index >= 15 is 0 Å². The Kier molecular flexibility index (Phi) is 8.64. The first-order valence-electron chi connectivity index (χ1n) is 17.1. The Morgan fingerprint density at radius 2 is 1.62 bits per heavy atom. The van der Waals surface area contributed by atoms with Crippen LogP contribution in [0.25, 0.3) is 10.9 Å². The van der Waals surface area contributed by atoms with Crippen LogP contribution in [0.4, 0.5) is 32.7 Å². The van der Waals surface area contributed by atoms with Crippen LogP contribution >= 0.6 is 11.6 Å². The Morgan fingerprint density at radius 3 is 2.28 bits per heavy atom. The van der Waals surface area contributed by atoms with E-state index in [-0.39, 0.29) is 47.2 Å². The van der Waals surface area contributed by atoms with Crippen molar-refractivity contribution in [3.63, 3.8) is 0 Å². The molecule has 4 heterocycles. The van der Waals surface area contributed by atoms with Gasteiger partial charge in [-0.3, -0.25) is 4.79 Å². The molecule has 2 atom stereocenters. The maximum Gasteiger partial charge on any atom is 0.435 e. The molecule has 15 nitrogen and oxygen atoms in total. The fraction of sp³-hybridized carbons (Fsp3) is 0.444. The first-order valence-corrected chi connectivity index (χ1v) is 19.3. The Hall–Kier alpha value is -4.96. The van der Waals surface area contributed by atoms with Crippen molar-refractivity contribution in [1.29, 1.82) is 0 Å². The monoisotopic (exact) mass is 765 g/mol. The van der Waals surface area contributed by atoms with Crippen LogP contribution < -0.4 is 19.9 Å². The van der Waals surface area contributed by atoms with Crippen molar-refractivity contribution in [2.45, 2.75) is 70.5 Å². The zero-order valence-corrected chi connectivity index (χ0v) is 32.0. The van der Waals surface area contributed by atoms with Crippen LogP contribution in [0.3, 0.4) is 0 Å². The minimum absolute atomic E-state index is 0.0185. The molecule has 1 N–H and O–H groups in total. The van der Waals surface area contributed by atoms with E-state index in [0.29, 0.717) is 40.1 Å². The van der Waals surface area contributed by atoms with Crippen LogP contribution in [-0.4, -0.2) is 89.2 Å². The normalized spacial score (nSPS) is 20.8. The maximum absolute atomic E-state index is 14.3. The van der Waals surface area contributed by atoms with Crippen molar-refractivity contribution in [2.75, 3.05) is 46.8 Å². The van der Waals surface area contributed by atoms with Gasteiger partial charge in [0.15, 0.2) is 27.3 Å². The Morgan fingerprint density at radius 1 is 0.943 bits per heavy atom. The van der Waals surface area contributed by atoms with Crippen molar-refractivity contribution >= 4 is 73.6 Å². The number of methoxy groups -OCH3 is 1. The molecule has 1 saturated heterocycles. The summed E-state index contributed by atoms with van der Waals surface area (Å²) in [6.45, 7) is 10.9. The van der Waals surface area contributed by atoms with Crippen molar-refractivity contribution in [3.05, 3.63) is 58.9 Å². The van der Waals surface area contributed by atoms with E-state index in [1.165, 1.54) is 13.4 Å². The van der Waals surface area contributed by atoms with Gasteiger partial charge >= 0.3 is 12.2 Å². The molecule has 3 aliphatic rings. The molecule has 0 bridgehead atoms. The van der Waals surface area contributed by atoms with Gasteiger partial charge in [-0.1, -0.05) is 17.7 Å². The molecule has 17 heteroatoms. The highest BCUT2D eigenvalue weighted by atomic mass is 35.5. The lowest BCUT2D eigenvalue weighted by Gasteiger charge is -2.28. The average molecular weight is 766 g/mol. The molecule has 1 spiro atoms. The summed E-state index contributed by atoms with van der Waals surface area (Å²) in [6.07, 6.45) is 0.225. The Bertz CT molecular complexity index is 2280. The zero-order valence-electron chi connectivity index (χ0n) is 30.4. The molecule has 2 fully saturated rings. The highest BCUT2D eigenvalue weighted by Crippen LogP contribution is 2.67. The van der Waals surface area contributed by atoms with E-state index in [0.717, 1.165) is 15.1 Å². The van der Waals surface area contributed by atoms with Gasteiger partial charge in [0, 0.05) is 24.4 Å². The zero-order chi connectivity index (χ0) is 38.2. The van der Waals surface area contributed by atoms with E-state index in [1.54, 1.807) is 76.8 Å². The van der Waals surface area contributed by atoms with E-state index in [2.05, 4.69) is 20.4 Å². The third kappa shape index (κ3) is 6.62. The second-order valence-corrected chi connectivity index (χ2v) is 18.1. The average Bonchev–Trinajstić information content (AvgIpc) is 3.65. The number of carbonyl (C=O) groups is 3. The van der Waals surface area contributed by atoms with Gasteiger partial charge in [0.05, 0.1) is 35.2 Å². The smallest absolute Gasteiger partial charge is 0.435 e. The van der Waals surface area contributed by atoms with Crippen LogP contribution in [0.1, 0.15) is 65.0 Å². The highest BCUT2D eigenvalue weighted by Gasteiger charge is 2.68. The van der Waals surface area contributed by atoms with Gasteiger partial charge in [0.1, 0.15) is 28.3 Å². The molecule has 2 aromatic heterocycles. The van der Waals surface area contributed by atoms with Gasteiger partial charge in [-0.15, -0.1) is 5.10 Å². The number of carbonyl (C=O) groups excluding carboxylic acids is 3. The summed E-state index contributed by atoms with van der Waals surface area (Å²) >= 11 is 6.78. The molecule has 2 aliphatic heterocycles. The fourth-order valence-electron chi connectivity index (χ4n) is 6.90. The number of ether oxygens (including phenoxy) is 3. The third-order valence-electron chi connectivity index (χ3n) is 9.37. The molecular formula is C36H40ClN7O8S. The van der Waals surface area contributed by atoms with Gasteiger partial charge in [0.25, 0.3) is 0 Å². The van der Waals surface area contributed by atoms with Crippen LogP contribution in [0.5, 0.6) is 5.75 Å². The summed E-state index contributed by atoms with van der Waals surface area (Å²) in [7, 11) is -1.60. The molecular weight excluding hydrogens is 726 g/mol. The van der Waals surface area contributed by atoms with Crippen molar-refractivity contribution < 1.29 is 37.0 Å². The van der Waals surface area contributed by atoms with Crippen LogP contribution in [0.15, 0.2) is 42.7 Å². The second-order valence-electron chi connectivity index (χ2n) is 15.4. The van der Waals surface area contributed by atoms with E-state index in [1.807, 2.05) is 6.07 Å². The summed E-state index contributed by atoms with van der Waals surface area (Å²) in [5.41, 5.74) is -0.498. The van der Waals surface area contributed by atoms with E-state index < -0.39 is 44.5 Å². The van der Waals surface area contributed by atoms with E-state index in [4.69, 9.17) is 25.8 Å². The number of fused-ring (bicyclic) bond motifs is 3. The molecule has 2 amide bonds. The Labute approximate surface area is 311 Å². The fourth-order valence-corrected chi connectivity index (χ4v) is 8.36. The molecule has 1 aliphatic carbocycles. The predicted molar refractivity (Wildman–Crippen MR) is 198 cm³/mol. The standard InChI is InChI=1S/C36H40ClN7O8S/c1-34(2,3)51-32(46)43-25-11-9-21(50-7)17-23(25)36(31(43)45)18-24(36)20-8-10-22-26(16-20)44(33(47)52-35(4,5)6)41-28(22)40-29-27(37)30(39-19-38-29)42-12-14-53(48,49)15-13-42/h8-11,16-17,19,24H,12-15,18H2,1-7H3,(H,38,39,40,41)/t24-,36-/m0/s1. The number of aromatic nitrogens is 4. The Balaban J connectivity index is 1.27. The number of hydrogen-bond acceptors (Lipinski definition) is 13. The molecule has 280 valence electrons. The molecule has 53 heavy (non-hydrogen) atoms. The number of benzene rings is 2. The number of sulfone groups is 1.